The molecule has 0 aliphatic carbocycles. The Balaban J connectivity index is 0.00000400. The van der Waals surface area contributed by atoms with E-state index in [1.807, 2.05) is 0 Å². The Morgan fingerprint density at radius 1 is 1.05 bits per heavy atom. The summed E-state index contributed by atoms with van der Waals surface area (Å²) in [6.45, 7) is 1.55. The zero-order valence-electron chi connectivity index (χ0n) is 20.3. The third-order valence-electron chi connectivity index (χ3n) is 5.44. The zero-order chi connectivity index (χ0) is 26.9. The van der Waals surface area contributed by atoms with E-state index < -0.39 is 26.7 Å². The van der Waals surface area contributed by atoms with Crippen LogP contribution in [0.1, 0.15) is 15.9 Å². The number of hydrogen-bond donors (Lipinski definition) is 2. The second kappa shape index (κ2) is 12.0. The fourth-order valence-electron chi connectivity index (χ4n) is 3.63. The SMILES string of the molecule is COc1cccc(Cl)c1NC(=O)c1cc2ccccc2c(N=Nc2ccc(C)c(Cl)c2S(=O)(=O)O)c1[O-].[Na+]. The average Bonchev–Trinajstić information content (AvgIpc) is 2.85. The van der Waals surface area contributed by atoms with Crippen LogP contribution in [0, 0.1) is 6.92 Å². The van der Waals surface area contributed by atoms with Crippen molar-refractivity contribution in [2.45, 2.75) is 11.8 Å². The third-order valence-corrected chi connectivity index (χ3v) is 7.28. The van der Waals surface area contributed by atoms with Crippen LogP contribution in [0.2, 0.25) is 10.0 Å². The molecule has 9 nitrogen and oxygen atoms in total. The van der Waals surface area contributed by atoms with Crippen LogP contribution in [0.4, 0.5) is 17.1 Å². The summed E-state index contributed by atoms with van der Waals surface area (Å²) in [5, 5.41) is 24.8. The van der Waals surface area contributed by atoms with Crippen LogP contribution in [0.15, 0.2) is 75.8 Å². The van der Waals surface area contributed by atoms with E-state index in [1.54, 1.807) is 49.4 Å². The molecular formula is C25H18Cl2N3NaO6S. The van der Waals surface area contributed by atoms with Gasteiger partial charge >= 0.3 is 29.6 Å². The molecule has 0 aliphatic heterocycles. The van der Waals surface area contributed by atoms with Crippen LogP contribution in [-0.4, -0.2) is 26.0 Å². The monoisotopic (exact) mass is 581 g/mol. The molecule has 0 heterocycles. The first-order valence-corrected chi connectivity index (χ1v) is 12.8. The standard InChI is InChI=1S/C25H19Cl2N3O6S.Na/c1-13-10-11-18(24(20(13)27)37(33,34)35)29-30-21-15-7-4-3-6-14(15)12-16(23(21)31)25(32)28-22-17(26)8-5-9-19(22)36-2;/h3-12,31H,1-2H3,(H,28,32)(H,33,34,35);/q;+1/p-1. The van der Waals surface area contributed by atoms with E-state index in [9.17, 15) is 22.9 Å². The number of hydrogen-bond acceptors (Lipinski definition) is 7. The van der Waals surface area contributed by atoms with Gasteiger partial charge in [0.15, 0.2) is 0 Å². The number of ether oxygens (including phenoxy) is 1. The summed E-state index contributed by atoms with van der Waals surface area (Å²) in [5.41, 5.74) is -0.187. The van der Waals surface area contributed by atoms with Gasteiger partial charge in [-0.15, -0.1) is 5.11 Å². The number of nitrogens with one attached hydrogen (secondary N) is 1. The van der Waals surface area contributed by atoms with Crippen molar-refractivity contribution in [2.24, 2.45) is 10.2 Å². The van der Waals surface area contributed by atoms with E-state index in [2.05, 4.69) is 15.5 Å². The van der Waals surface area contributed by atoms with E-state index >= 15 is 0 Å². The molecular weight excluding hydrogens is 564 g/mol. The normalized spacial score (nSPS) is 11.4. The zero-order valence-corrected chi connectivity index (χ0v) is 24.6. The van der Waals surface area contributed by atoms with Gasteiger partial charge in [0.05, 0.1) is 22.8 Å². The number of methoxy groups -OCH3 is 1. The number of carbonyl (C=O) groups excluding carboxylic acids is 1. The van der Waals surface area contributed by atoms with Gasteiger partial charge in [0.1, 0.15) is 22.0 Å². The molecule has 38 heavy (non-hydrogen) atoms. The second-order valence-electron chi connectivity index (χ2n) is 7.81. The number of anilines is 1. The van der Waals surface area contributed by atoms with Crippen LogP contribution >= 0.6 is 23.2 Å². The Bertz CT molecular complexity index is 1700. The second-order valence-corrected chi connectivity index (χ2v) is 9.96. The molecule has 0 unspecified atom stereocenters. The minimum Gasteiger partial charge on any atom is -0.870 e. The fourth-order valence-corrected chi connectivity index (χ4v) is 5.05. The van der Waals surface area contributed by atoms with Gasteiger partial charge in [-0.25, -0.2) is 0 Å². The smallest absolute Gasteiger partial charge is 0.870 e. The maximum atomic E-state index is 13.4. The molecule has 4 aromatic rings. The van der Waals surface area contributed by atoms with Gasteiger partial charge in [0, 0.05) is 10.9 Å². The largest absolute Gasteiger partial charge is 1.00 e. The summed E-state index contributed by atoms with van der Waals surface area (Å²) >= 11 is 12.3. The molecule has 0 atom stereocenters. The van der Waals surface area contributed by atoms with Gasteiger partial charge in [-0.3, -0.25) is 9.35 Å². The van der Waals surface area contributed by atoms with Gasteiger partial charge in [-0.2, -0.15) is 13.5 Å². The summed E-state index contributed by atoms with van der Waals surface area (Å²) in [5.74, 6) is -1.24. The molecule has 0 saturated heterocycles. The molecule has 0 aromatic heterocycles. The van der Waals surface area contributed by atoms with E-state index in [1.165, 1.54) is 25.3 Å². The first kappa shape index (κ1) is 29.9. The number of benzene rings is 4. The van der Waals surface area contributed by atoms with E-state index in [0.717, 1.165) is 0 Å². The number of aryl methyl sites for hydroxylation is 1. The number of fused-ring (bicyclic) bond motifs is 1. The topological polar surface area (TPSA) is 140 Å². The average molecular weight is 582 g/mol. The Morgan fingerprint density at radius 2 is 1.76 bits per heavy atom. The molecule has 4 rings (SSSR count). The fraction of sp³-hybridized carbons (Fsp3) is 0.0800. The Hall–Kier alpha value is -2.70. The number of halogens is 2. The van der Waals surface area contributed by atoms with Gasteiger partial charge < -0.3 is 15.2 Å². The summed E-state index contributed by atoms with van der Waals surface area (Å²) in [6, 6.07) is 15.6. The van der Waals surface area contributed by atoms with Crippen molar-refractivity contribution in [3.05, 3.63) is 81.8 Å². The molecule has 0 radical (unpaired) electrons. The third kappa shape index (κ3) is 5.97. The molecule has 190 valence electrons. The number of nitrogens with zero attached hydrogens (tertiary/aromatic N) is 2. The van der Waals surface area contributed by atoms with Gasteiger partial charge in [0.2, 0.25) is 0 Å². The number of carbonyl (C=O) groups is 1. The maximum absolute atomic E-state index is 13.4. The van der Waals surface area contributed by atoms with Crippen molar-refractivity contribution in [1.82, 2.24) is 0 Å². The molecule has 4 aromatic carbocycles. The van der Waals surface area contributed by atoms with Crippen molar-refractivity contribution in [1.29, 1.82) is 0 Å². The minimum atomic E-state index is -4.76. The van der Waals surface area contributed by atoms with Crippen LogP contribution in [0.5, 0.6) is 11.5 Å². The van der Waals surface area contributed by atoms with Crippen LogP contribution in [0.3, 0.4) is 0 Å². The Labute approximate surface area is 250 Å². The molecule has 1 amide bonds. The predicted molar refractivity (Wildman–Crippen MR) is 140 cm³/mol. The molecule has 13 heteroatoms. The molecule has 0 aliphatic rings. The summed E-state index contributed by atoms with van der Waals surface area (Å²) in [4.78, 5) is 12.5. The van der Waals surface area contributed by atoms with Crippen LogP contribution < -0.4 is 44.7 Å². The maximum Gasteiger partial charge on any atom is 1.00 e. The van der Waals surface area contributed by atoms with Crippen molar-refractivity contribution < 1.29 is 57.2 Å². The quantitative estimate of drug-likeness (QED) is 0.203. The first-order chi connectivity index (χ1) is 17.5. The number of para-hydroxylation sites is 1. The van der Waals surface area contributed by atoms with Gasteiger partial charge in [0.25, 0.3) is 16.0 Å². The van der Waals surface area contributed by atoms with E-state index in [-0.39, 0.29) is 62.2 Å². The van der Waals surface area contributed by atoms with Gasteiger partial charge in [-0.1, -0.05) is 65.3 Å². The van der Waals surface area contributed by atoms with Crippen LogP contribution in [-0.2, 0) is 10.1 Å². The number of rotatable bonds is 6. The van der Waals surface area contributed by atoms with Crippen molar-refractivity contribution in [2.75, 3.05) is 12.4 Å². The van der Waals surface area contributed by atoms with E-state index in [4.69, 9.17) is 27.9 Å². The van der Waals surface area contributed by atoms with Crippen molar-refractivity contribution in [3.63, 3.8) is 0 Å². The van der Waals surface area contributed by atoms with Crippen LogP contribution in [0.25, 0.3) is 10.8 Å². The molecule has 0 bridgehead atoms. The van der Waals surface area contributed by atoms with E-state index in [0.29, 0.717) is 22.1 Å². The molecule has 0 saturated carbocycles. The predicted octanol–water partition coefficient (Wildman–Crippen LogP) is 3.46. The molecule has 0 spiro atoms. The summed E-state index contributed by atoms with van der Waals surface area (Å²) < 4.78 is 38.8. The Kier molecular flexibility index (Phi) is 9.43. The first-order valence-electron chi connectivity index (χ1n) is 10.6. The van der Waals surface area contributed by atoms with Crippen molar-refractivity contribution >= 4 is 67.1 Å². The summed E-state index contributed by atoms with van der Waals surface area (Å²) in [7, 11) is -3.35. The van der Waals surface area contributed by atoms with Crippen molar-refractivity contribution in [3.8, 4) is 11.5 Å². The minimum absolute atomic E-state index is 0. The van der Waals surface area contributed by atoms with Gasteiger partial charge in [-0.05, 0) is 42.1 Å². The summed E-state index contributed by atoms with van der Waals surface area (Å²) in [6.07, 6.45) is 0. The molecule has 0 fully saturated rings. The molecule has 2 N–H and O–H groups in total. The number of amides is 1. The Morgan fingerprint density at radius 3 is 2.45 bits per heavy atom. The number of azo groups is 1.